The zero-order valence-corrected chi connectivity index (χ0v) is 25.4. The Balaban J connectivity index is 2.05. The third kappa shape index (κ3) is 8.10. The van der Waals surface area contributed by atoms with Crippen molar-refractivity contribution in [1.29, 1.82) is 0 Å². The maximum absolute atomic E-state index is 14.1. The molecule has 2 amide bonds. The van der Waals surface area contributed by atoms with Crippen LogP contribution in [0.2, 0.25) is 0 Å². The first-order valence-electron chi connectivity index (χ1n) is 14.0. The minimum atomic E-state index is -4.13. The fraction of sp³-hybridized carbons (Fsp3) is 0.375. The molecule has 3 aromatic rings. The zero-order chi connectivity index (χ0) is 30.0. The van der Waals surface area contributed by atoms with Gasteiger partial charge in [-0.25, -0.2) is 8.42 Å². The highest BCUT2D eigenvalue weighted by molar-refractivity contribution is 7.92. The van der Waals surface area contributed by atoms with Crippen molar-refractivity contribution < 1.29 is 22.7 Å². The zero-order valence-electron chi connectivity index (χ0n) is 24.6. The van der Waals surface area contributed by atoms with E-state index in [1.54, 1.807) is 36.4 Å². The second-order valence-corrected chi connectivity index (χ2v) is 11.9. The molecule has 0 radical (unpaired) electrons. The van der Waals surface area contributed by atoms with Crippen LogP contribution in [0.1, 0.15) is 49.8 Å². The molecule has 41 heavy (non-hydrogen) atoms. The molecule has 0 saturated heterocycles. The number of aryl methyl sites for hydroxylation is 2. The van der Waals surface area contributed by atoms with Crippen LogP contribution in [0.3, 0.4) is 0 Å². The van der Waals surface area contributed by atoms with Crippen LogP contribution in [-0.2, 0) is 26.2 Å². The van der Waals surface area contributed by atoms with Crippen LogP contribution in [0.15, 0.2) is 77.7 Å². The Kier molecular flexibility index (Phi) is 11.3. The highest BCUT2D eigenvalue weighted by Crippen LogP contribution is 2.27. The predicted molar refractivity (Wildman–Crippen MR) is 162 cm³/mol. The van der Waals surface area contributed by atoms with Crippen molar-refractivity contribution in [3.05, 3.63) is 89.5 Å². The molecule has 3 aromatic carbocycles. The third-order valence-electron chi connectivity index (χ3n) is 7.07. The van der Waals surface area contributed by atoms with Crippen molar-refractivity contribution in [2.24, 2.45) is 0 Å². The molecule has 0 fully saturated rings. The largest absolute Gasteiger partial charge is 0.497 e. The number of hydrogen-bond donors (Lipinski definition) is 1. The molecule has 1 N–H and O–H groups in total. The Morgan fingerprint density at radius 3 is 2.17 bits per heavy atom. The molecule has 0 aliphatic rings. The summed E-state index contributed by atoms with van der Waals surface area (Å²) in [7, 11) is -2.60. The normalized spacial score (nSPS) is 11.9. The number of amides is 2. The van der Waals surface area contributed by atoms with Crippen molar-refractivity contribution in [2.45, 2.75) is 64.4 Å². The average Bonchev–Trinajstić information content (AvgIpc) is 2.97. The molecule has 0 heterocycles. The van der Waals surface area contributed by atoms with E-state index >= 15 is 0 Å². The van der Waals surface area contributed by atoms with Crippen LogP contribution < -0.4 is 14.4 Å². The molecule has 0 aliphatic heterocycles. The molecule has 1 atom stereocenters. The molecule has 0 spiro atoms. The molecule has 9 heteroatoms. The number of anilines is 1. The van der Waals surface area contributed by atoms with Crippen LogP contribution in [0.25, 0.3) is 0 Å². The number of carbonyl (C=O) groups is 2. The minimum absolute atomic E-state index is 0.0709. The van der Waals surface area contributed by atoms with Crippen molar-refractivity contribution >= 4 is 27.5 Å². The number of sulfonamides is 1. The van der Waals surface area contributed by atoms with Gasteiger partial charge in [-0.05, 0) is 74.2 Å². The highest BCUT2D eigenvalue weighted by Gasteiger charge is 2.33. The van der Waals surface area contributed by atoms with Gasteiger partial charge in [0.1, 0.15) is 18.3 Å². The molecule has 8 nitrogen and oxygen atoms in total. The van der Waals surface area contributed by atoms with Crippen LogP contribution in [-0.4, -0.2) is 51.4 Å². The maximum Gasteiger partial charge on any atom is 0.264 e. The van der Waals surface area contributed by atoms with Gasteiger partial charge in [-0.15, -0.1) is 0 Å². The topological polar surface area (TPSA) is 96.0 Å². The predicted octanol–water partition coefficient (Wildman–Crippen LogP) is 5.23. The molecule has 220 valence electrons. The highest BCUT2D eigenvalue weighted by atomic mass is 32.2. The fourth-order valence-electron chi connectivity index (χ4n) is 4.51. The van der Waals surface area contributed by atoms with Gasteiger partial charge in [0, 0.05) is 13.1 Å². The van der Waals surface area contributed by atoms with E-state index < -0.39 is 28.5 Å². The fourth-order valence-corrected chi connectivity index (χ4v) is 5.93. The molecule has 3 rings (SSSR count). The molecule has 0 aliphatic carbocycles. The third-order valence-corrected chi connectivity index (χ3v) is 8.85. The first kappa shape index (κ1) is 31.7. The van der Waals surface area contributed by atoms with Gasteiger partial charge in [0.25, 0.3) is 10.0 Å². The SMILES string of the molecule is CCCCNC(=O)[C@@H](CC)N(Cc1ccccc1C)C(=O)CN(c1ccc(OC)cc1)S(=O)(=O)c1ccc(C)cc1. The Hall–Kier alpha value is -3.85. The lowest BCUT2D eigenvalue weighted by molar-refractivity contribution is -0.140. The number of rotatable bonds is 14. The van der Waals surface area contributed by atoms with Crippen molar-refractivity contribution in [3.8, 4) is 5.75 Å². The summed E-state index contributed by atoms with van der Waals surface area (Å²) in [6.07, 6.45) is 2.13. The number of methoxy groups -OCH3 is 1. The molecular weight excluding hydrogens is 538 g/mol. The summed E-state index contributed by atoms with van der Waals surface area (Å²) in [5.41, 5.74) is 3.10. The number of carbonyl (C=O) groups excluding carboxylic acids is 2. The van der Waals surface area contributed by atoms with E-state index in [1.807, 2.05) is 52.0 Å². The van der Waals surface area contributed by atoms with Gasteiger partial charge >= 0.3 is 0 Å². The summed E-state index contributed by atoms with van der Waals surface area (Å²) < 4.78 is 34.3. The summed E-state index contributed by atoms with van der Waals surface area (Å²) in [4.78, 5) is 29.0. The van der Waals surface area contributed by atoms with E-state index in [-0.39, 0.29) is 17.3 Å². The standard InChI is InChI=1S/C32H41N3O5S/c1-6-8-21-33-32(37)30(7-2)34(22-26-12-10-9-11-25(26)4)31(36)23-35(27-15-17-28(40-5)18-16-27)41(38,39)29-19-13-24(3)14-20-29/h9-20,30H,6-8,21-23H2,1-5H3,(H,33,37)/t30-/m1/s1. The summed E-state index contributed by atoms with van der Waals surface area (Å²) in [5.74, 6) is -0.166. The van der Waals surface area contributed by atoms with E-state index in [0.717, 1.165) is 33.8 Å². The lowest BCUT2D eigenvalue weighted by Crippen LogP contribution is -2.52. The number of unbranched alkanes of at least 4 members (excludes halogenated alkanes) is 1. The number of nitrogens with one attached hydrogen (secondary N) is 1. The van der Waals surface area contributed by atoms with Gasteiger partial charge in [0.05, 0.1) is 17.7 Å². The van der Waals surface area contributed by atoms with Crippen molar-refractivity contribution in [1.82, 2.24) is 10.2 Å². The van der Waals surface area contributed by atoms with Gasteiger partial charge < -0.3 is 15.0 Å². The van der Waals surface area contributed by atoms with Gasteiger partial charge in [-0.1, -0.05) is 62.2 Å². The van der Waals surface area contributed by atoms with Crippen LogP contribution in [0, 0.1) is 13.8 Å². The number of hydrogen-bond acceptors (Lipinski definition) is 5. The lowest BCUT2D eigenvalue weighted by atomic mass is 10.1. The second-order valence-electron chi connectivity index (χ2n) is 10.0. The first-order valence-corrected chi connectivity index (χ1v) is 15.4. The van der Waals surface area contributed by atoms with Gasteiger partial charge in [-0.3, -0.25) is 13.9 Å². The van der Waals surface area contributed by atoms with Crippen LogP contribution >= 0.6 is 0 Å². The second kappa shape index (κ2) is 14.7. The van der Waals surface area contributed by atoms with E-state index in [9.17, 15) is 18.0 Å². The number of ether oxygens (including phenoxy) is 1. The van der Waals surface area contributed by atoms with Crippen molar-refractivity contribution in [2.75, 3.05) is 24.5 Å². The number of nitrogens with zero attached hydrogens (tertiary/aromatic N) is 2. The van der Waals surface area contributed by atoms with Gasteiger partial charge in [0.2, 0.25) is 11.8 Å². The average molecular weight is 580 g/mol. The van der Waals surface area contributed by atoms with Gasteiger partial charge in [0.15, 0.2) is 0 Å². The number of benzene rings is 3. The van der Waals surface area contributed by atoms with E-state index in [0.29, 0.717) is 24.4 Å². The molecular formula is C32H41N3O5S. The van der Waals surface area contributed by atoms with Gasteiger partial charge in [-0.2, -0.15) is 0 Å². The molecule has 0 unspecified atom stereocenters. The van der Waals surface area contributed by atoms with Crippen LogP contribution in [0.5, 0.6) is 5.75 Å². The Morgan fingerprint density at radius 1 is 0.927 bits per heavy atom. The van der Waals surface area contributed by atoms with Crippen LogP contribution in [0.4, 0.5) is 5.69 Å². The Labute approximate surface area is 244 Å². The molecule has 0 bridgehead atoms. The minimum Gasteiger partial charge on any atom is -0.497 e. The van der Waals surface area contributed by atoms with Crippen molar-refractivity contribution in [3.63, 3.8) is 0 Å². The van der Waals surface area contributed by atoms with E-state index in [1.165, 1.54) is 24.1 Å². The Bertz CT molecular complexity index is 1410. The quantitative estimate of drug-likeness (QED) is 0.264. The Morgan fingerprint density at radius 2 is 1.59 bits per heavy atom. The lowest BCUT2D eigenvalue weighted by Gasteiger charge is -2.33. The van der Waals surface area contributed by atoms with E-state index in [2.05, 4.69) is 5.32 Å². The summed E-state index contributed by atoms with van der Waals surface area (Å²) >= 11 is 0. The monoisotopic (exact) mass is 579 g/mol. The smallest absolute Gasteiger partial charge is 0.264 e. The summed E-state index contributed by atoms with van der Waals surface area (Å²) in [6, 6.07) is 19.9. The summed E-state index contributed by atoms with van der Waals surface area (Å²) in [5, 5.41) is 2.95. The summed E-state index contributed by atoms with van der Waals surface area (Å²) in [6.45, 7) is 7.93. The molecule has 0 saturated carbocycles. The first-order chi connectivity index (χ1) is 19.6. The maximum atomic E-state index is 14.1. The van der Waals surface area contributed by atoms with E-state index in [4.69, 9.17) is 4.74 Å². The molecule has 0 aromatic heterocycles.